The zero-order valence-corrected chi connectivity index (χ0v) is 13.2. The van der Waals surface area contributed by atoms with Crippen molar-refractivity contribution in [2.45, 2.75) is 44.6 Å². The van der Waals surface area contributed by atoms with Gasteiger partial charge in [-0.25, -0.2) is 4.98 Å². The monoisotopic (exact) mass is 302 g/mol. The van der Waals surface area contributed by atoms with Gasteiger partial charge in [-0.3, -0.25) is 4.79 Å². The van der Waals surface area contributed by atoms with Crippen LogP contribution in [0.15, 0.2) is 12.5 Å². The highest BCUT2D eigenvalue weighted by atomic mass is 16.2. The topological polar surface area (TPSA) is 52.2 Å². The summed E-state index contributed by atoms with van der Waals surface area (Å²) < 4.78 is 0. The van der Waals surface area contributed by atoms with Crippen LogP contribution in [0.2, 0.25) is 0 Å². The van der Waals surface area contributed by atoms with Crippen molar-refractivity contribution in [3.63, 3.8) is 0 Å². The number of piperidine rings is 2. The smallest absolute Gasteiger partial charge is 0.222 e. The van der Waals surface area contributed by atoms with Gasteiger partial charge >= 0.3 is 0 Å². The first-order valence-corrected chi connectivity index (χ1v) is 8.78. The van der Waals surface area contributed by atoms with Crippen LogP contribution in [0, 0.1) is 11.8 Å². The molecule has 1 aliphatic carbocycles. The lowest BCUT2D eigenvalue weighted by Crippen LogP contribution is -2.56. The molecule has 4 rings (SSSR count). The van der Waals surface area contributed by atoms with Crippen LogP contribution in [0.5, 0.6) is 0 Å². The van der Waals surface area contributed by atoms with Crippen molar-refractivity contribution < 1.29 is 4.79 Å². The lowest BCUT2D eigenvalue weighted by Gasteiger charge is -2.47. The van der Waals surface area contributed by atoms with E-state index in [1.54, 1.807) is 6.33 Å². The fraction of sp³-hybridized carbons (Fsp3) is 0.765. The first-order chi connectivity index (χ1) is 10.8. The molecule has 2 aliphatic heterocycles. The third-order valence-corrected chi connectivity index (χ3v) is 5.62. The van der Waals surface area contributed by atoms with Crippen molar-refractivity contribution in [2.75, 3.05) is 26.2 Å². The highest BCUT2D eigenvalue weighted by Crippen LogP contribution is 2.35. The molecular weight excluding hydrogens is 276 g/mol. The molecule has 1 saturated carbocycles. The highest BCUT2D eigenvalue weighted by Gasteiger charge is 2.39. The minimum Gasteiger partial charge on any atom is -0.348 e. The van der Waals surface area contributed by atoms with E-state index in [-0.39, 0.29) is 0 Å². The van der Waals surface area contributed by atoms with E-state index in [1.165, 1.54) is 32.5 Å². The number of nitrogens with one attached hydrogen (secondary N) is 1. The van der Waals surface area contributed by atoms with Crippen LogP contribution >= 0.6 is 0 Å². The lowest BCUT2D eigenvalue weighted by molar-refractivity contribution is -0.141. The van der Waals surface area contributed by atoms with E-state index >= 15 is 0 Å². The number of H-pyrrole nitrogens is 1. The predicted molar refractivity (Wildman–Crippen MR) is 84.3 cm³/mol. The van der Waals surface area contributed by atoms with Crippen LogP contribution < -0.4 is 0 Å². The Morgan fingerprint density at radius 3 is 2.95 bits per heavy atom. The van der Waals surface area contributed by atoms with Crippen LogP contribution in [0.25, 0.3) is 0 Å². The number of carbonyl (C=O) groups excluding carboxylic acids is 1. The van der Waals surface area contributed by atoms with E-state index in [4.69, 9.17) is 0 Å². The number of hydrogen-bond acceptors (Lipinski definition) is 3. The summed E-state index contributed by atoms with van der Waals surface area (Å²) in [5.41, 5.74) is 1.13. The summed E-state index contributed by atoms with van der Waals surface area (Å²) in [4.78, 5) is 24.4. The fourth-order valence-corrected chi connectivity index (χ4v) is 4.21. The molecule has 0 bridgehead atoms. The summed E-state index contributed by atoms with van der Waals surface area (Å²) >= 11 is 0. The molecule has 2 unspecified atom stereocenters. The molecule has 3 fully saturated rings. The van der Waals surface area contributed by atoms with Gasteiger partial charge < -0.3 is 14.8 Å². The lowest BCUT2D eigenvalue weighted by atomic mass is 9.83. The number of imidazole rings is 1. The Bertz CT molecular complexity index is 511. The molecule has 1 N–H and O–H groups in total. The number of hydrogen-bond donors (Lipinski definition) is 1. The first kappa shape index (κ1) is 14.2. The van der Waals surface area contributed by atoms with E-state index < -0.39 is 0 Å². The van der Waals surface area contributed by atoms with E-state index in [9.17, 15) is 4.79 Å². The van der Waals surface area contributed by atoms with Crippen LogP contribution in [-0.4, -0.2) is 57.9 Å². The maximum absolute atomic E-state index is 12.4. The molecule has 1 aromatic rings. The van der Waals surface area contributed by atoms with Gasteiger partial charge in [0.1, 0.15) is 0 Å². The second kappa shape index (κ2) is 6.03. The number of likely N-dealkylation sites (tertiary alicyclic amines) is 2. The zero-order chi connectivity index (χ0) is 14.9. The molecule has 0 radical (unpaired) electrons. The summed E-state index contributed by atoms with van der Waals surface area (Å²) in [7, 11) is 0. The van der Waals surface area contributed by atoms with Crippen LogP contribution in [0.3, 0.4) is 0 Å². The molecule has 120 valence electrons. The molecule has 3 heterocycles. The standard InChI is InChI=1S/C17H26N4O/c22-17-4-3-14-11-20(10-13-1-2-13)7-6-16(14)21(17)8-5-15-9-18-12-19-15/h9,12-14,16H,1-8,10-11H2,(H,18,19). The minimum atomic E-state index is 0.358. The van der Waals surface area contributed by atoms with Gasteiger partial charge in [-0.2, -0.15) is 0 Å². The quantitative estimate of drug-likeness (QED) is 0.900. The van der Waals surface area contributed by atoms with Gasteiger partial charge in [-0.1, -0.05) is 0 Å². The van der Waals surface area contributed by atoms with Gasteiger partial charge in [0.25, 0.3) is 0 Å². The third kappa shape index (κ3) is 3.05. The average Bonchev–Trinajstić information content (AvgIpc) is 3.18. The van der Waals surface area contributed by atoms with E-state index in [2.05, 4.69) is 19.8 Å². The van der Waals surface area contributed by atoms with Crippen molar-refractivity contribution in [2.24, 2.45) is 11.8 Å². The number of aromatic amines is 1. The number of fused-ring (bicyclic) bond motifs is 1. The number of amides is 1. The summed E-state index contributed by atoms with van der Waals surface area (Å²) in [6.07, 6.45) is 10.3. The molecule has 0 spiro atoms. The van der Waals surface area contributed by atoms with Crippen molar-refractivity contribution in [3.05, 3.63) is 18.2 Å². The Hall–Kier alpha value is -1.36. The Balaban J connectivity index is 1.37. The Morgan fingerprint density at radius 1 is 1.27 bits per heavy atom. The summed E-state index contributed by atoms with van der Waals surface area (Å²) in [6, 6.07) is 0.472. The average molecular weight is 302 g/mol. The number of rotatable bonds is 5. The SMILES string of the molecule is O=C1CCC2CN(CC3CC3)CCC2N1CCc1cnc[nH]1. The van der Waals surface area contributed by atoms with Crippen molar-refractivity contribution in [1.29, 1.82) is 0 Å². The van der Waals surface area contributed by atoms with Gasteiger partial charge in [0.05, 0.1) is 6.33 Å². The Labute approximate surface area is 132 Å². The second-order valence-electron chi connectivity index (χ2n) is 7.27. The molecule has 5 nitrogen and oxygen atoms in total. The van der Waals surface area contributed by atoms with Crippen LogP contribution in [0.1, 0.15) is 37.8 Å². The van der Waals surface area contributed by atoms with Gasteiger partial charge in [0.15, 0.2) is 0 Å². The number of carbonyl (C=O) groups is 1. The predicted octanol–water partition coefficient (Wildman–Crippen LogP) is 1.68. The molecular formula is C17H26N4O. The second-order valence-corrected chi connectivity index (χ2v) is 7.27. The van der Waals surface area contributed by atoms with Crippen molar-refractivity contribution >= 4 is 5.91 Å². The summed E-state index contributed by atoms with van der Waals surface area (Å²) in [5.74, 6) is 2.02. The fourth-order valence-electron chi connectivity index (χ4n) is 4.21. The van der Waals surface area contributed by atoms with E-state index in [0.717, 1.165) is 43.8 Å². The third-order valence-electron chi connectivity index (χ3n) is 5.62. The molecule has 2 atom stereocenters. The summed E-state index contributed by atoms with van der Waals surface area (Å²) in [5, 5.41) is 0. The normalized spacial score (nSPS) is 29.6. The zero-order valence-electron chi connectivity index (χ0n) is 13.2. The van der Waals surface area contributed by atoms with E-state index in [0.29, 0.717) is 17.9 Å². The van der Waals surface area contributed by atoms with Gasteiger partial charge in [0.2, 0.25) is 5.91 Å². The Kier molecular flexibility index (Phi) is 3.90. The maximum atomic E-state index is 12.4. The molecule has 5 heteroatoms. The van der Waals surface area contributed by atoms with Gasteiger partial charge in [0, 0.05) is 57.0 Å². The van der Waals surface area contributed by atoms with Crippen LogP contribution in [0.4, 0.5) is 0 Å². The number of nitrogens with zero attached hydrogens (tertiary/aromatic N) is 3. The Morgan fingerprint density at radius 2 is 2.18 bits per heavy atom. The maximum Gasteiger partial charge on any atom is 0.222 e. The number of aromatic nitrogens is 2. The first-order valence-electron chi connectivity index (χ1n) is 8.78. The minimum absolute atomic E-state index is 0.358. The molecule has 22 heavy (non-hydrogen) atoms. The van der Waals surface area contributed by atoms with Crippen molar-refractivity contribution in [3.8, 4) is 0 Å². The molecule has 1 aromatic heterocycles. The molecule has 1 amide bonds. The van der Waals surface area contributed by atoms with Gasteiger partial charge in [-0.15, -0.1) is 0 Å². The van der Waals surface area contributed by atoms with Crippen molar-refractivity contribution in [1.82, 2.24) is 19.8 Å². The largest absolute Gasteiger partial charge is 0.348 e. The summed E-state index contributed by atoms with van der Waals surface area (Å²) in [6.45, 7) is 4.51. The molecule has 2 saturated heterocycles. The van der Waals surface area contributed by atoms with Crippen LogP contribution in [-0.2, 0) is 11.2 Å². The van der Waals surface area contributed by atoms with E-state index in [1.807, 2.05) is 6.20 Å². The van der Waals surface area contributed by atoms with Gasteiger partial charge in [-0.05, 0) is 37.5 Å². The molecule has 0 aromatic carbocycles. The highest BCUT2D eigenvalue weighted by molar-refractivity contribution is 5.77. The molecule has 3 aliphatic rings.